The van der Waals surface area contributed by atoms with Crippen molar-refractivity contribution in [2.45, 2.75) is 24.7 Å². The molecule has 0 bridgehead atoms. The second-order valence-corrected chi connectivity index (χ2v) is 6.26. The predicted molar refractivity (Wildman–Crippen MR) is 83.3 cm³/mol. The first kappa shape index (κ1) is 12.9. The highest BCUT2D eigenvalue weighted by Crippen LogP contribution is 2.41. The third-order valence-corrected chi connectivity index (χ3v) is 5.11. The molecule has 19 heavy (non-hydrogen) atoms. The van der Waals surface area contributed by atoms with E-state index in [-0.39, 0.29) is 5.41 Å². The first-order chi connectivity index (χ1) is 9.25. The van der Waals surface area contributed by atoms with Crippen molar-refractivity contribution in [3.05, 3.63) is 69.7 Å². The third kappa shape index (κ3) is 2.24. The van der Waals surface area contributed by atoms with E-state index < -0.39 is 0 Å². The minimum Gasteiger partial charge on any atom is -0.330 e. The van der Waals surface area contributed by atoms with E-state index in [4.69, 9.17) is 5.73 Å². The lowest BCUT2D eigenvalue weighted by molar-refractivity contribution is 0.431. The van der Waals surface area contributed by atoms with Crippen LogP contribution in [0.25, 0.3) is 0 Å². The van der Waals surface area contributed by atoms with Crippen LogP contribution < -0.4 is 5.73 Å². The van der Waals surface area contributed by atoms with Crippen molar-refractivity contribution in [1.82, 2.24) is 0 Å². The number of benzene rings is 2. The SMILES string of the molecule is NCC1(Cc2ccccc2Br)CCc2ccccc21. The third-order valence-electron chi connectivity index (χ3n) is 4.34. The number of rotatable bonds is 3. The van der Waals surface area contributed by atoms with Gasteiger partial charge in [0, 0.05) is 16.4 Å². The first-order valence-electron chi connectivity index (χ1n) is 6.77. The molecule has 2 N–H and O–H groups in total. The van der Waals surface area contributed by atoms with E-state index in [1.54, 1.807) is 0 Å². The number of nitrogens with two attached hydrogens (primary N) is 1. The molecule has 2 heteroatoms. The van der Waals surface area contributed by atoms with Gasteiger partial charge >= 0.3 is 0 Å². The Labute approximate surface area is 123 Å². The second kappa shape index (κ2) is 5.10. The van der Waals surface area contributed by atoms with Crippen molar-refractivity contribution < 1.29 is 0 Å². The maximum Gasteiger partial charge on any atom is 0.0207 e. The van der Waals surface area contributed by atoms with Gasteiger partial charge in [0.05, 0.1) is 0 Å². The monoisotopic (exact) mass is 315 g/mol. The molecule has 0 fully saturated rings. The highest BCUT2D eigenvalue weighted by molar-refractivity contribution is 9.10. The Kier molecular flexibility index (Phi) is 3.46. The molecule has 0 aromatic heterocycles. The number of hydrogen-bond acceptors (Lipinski definition) is 1. The summed E-state index contributed by atoms with van der Waals surface area (Å²) in [6, 6.07) is 17.2. The number of hydrogen-bond donors (Lipinski definition) is 1. The molecule has 0 radical (unpaired) electrons. The summed E-state index contributed by atoms with van der Waals surface area (Å²) >= 11 is 3.66. The highest BCUT2D eigenvalue weighted by atomic mass is 79.9. The standard InChI is InChI=1S/C17H18BrN/c18-16-8-4-2-6-14(16)11-17(12-19)10-9-13-5-1-3-7-15(13)17/h1-8H,9-12,19H2. The second-order valence-electron chi connectivity index (χ2n) is 5.41. The zero-order chi connectivity index (χ0) is 13.3. The average Bonchev–Trinajstić information content (AvgIpc) is 2.81. The predicted octanol–water partition coefficient (Wildman–Crippen LogP) is 3.83. The van der Waals surface area contributed by atoms with Gasteiger partial charge in [-0.2, -0.15) is 0 Å². The van der Waals surface area contributed by atoms with Crippen LogP contribution in [0.4, 0.5) is 0 Å². The molecule has 2 aromatic rings. The van der Waals surface area contributed by atoms with Crippen LogP contribution in [0.5, 0.6) is 0 Å². The Bertz CT molecular complexity index is 593. The molecule has 0 saturated heterocycles. The molecule has 0 amide bonds. The molecule has 1 aliphatic rings. The summed E-state index contributed by atoms with van der Waals surface area (Å²) in [5.74, 6) is 0. The number of aryl methyl sites for hydroxylation is 1. The van der Waals surface area contributed by atoms with Crippen LogP contribution in [0.1, 0.15) is 23.1 Å². The largest absolute Gasteiger partial charge is 0.330 e. The summed E-state index contributed by atoms with van der Waals surface area (Å²) in [4.78, 5) is 0. The Morgan fingerprint density at radius 3 is 2.58 bits per heavy atom. The topological polar surface area (TPSA) is 26.0 Å². The molecule has 1 unspecified atom stereocenters. The van der Waals surface area contributed by atoms with E-state index in [1.165, 1.54) is 21.2 Å². The molecule has 0 aliphatic heterocycles. The normalized spacial score (nSPS) is 21.4. The smallest absolute Gasteiger partial charge is 0.0207 e. The van der Waals surface area contributed by atoms with Crippen LogP contribution in [0.3, 0.4) is 0 Å². The van der Waals surface area contributed by atoms with E-state index in [9.17, 15) is 0 Å². The van der Waals surface area contributed by atoms with Crippen molar-refractivity contribution in [2.24, 2.45) is 5.73 Å². The Balaban J connectivity index is 2.00. The summed E-state index contributed by atoms with van der Waals surface area (Å²) in [6.45, 7) is 0.714. The Hall–Kier alpha value is -1.12. The van der Waals surface area contributed by atoms with Crippen LogP contribution in [0.2, 0.25) is 0 Å². The van der Waals surface area contributed by atoms with Crippen molar-refractivity contribution in [3.8, 4) is 0 Å². The van der Waals surface area contributed by atoms with Gasteiger partial charge in [0.2, 0.25) is 0 Å². The molecule has 1 nitrogen and oxygen atoms in total. The minimum atomic E-state index is 0.112. The van der Waals surface area contributed by atoms with E-state index in [2.05, 4.69) is 64.5 Å². The molecular formula is C17H18BrN. The lowest BCUT2D eigenvalue weighted by Crippen LogP contribution is -2.35. The van der Waals surface area contributed by atoms with Gasteiger partial charge in [0.25, 0.3) is 0 Å². The molecule has 0 heterocycles. The van der Waals surface area contributed by atoms with Gasteiger partial charge in [-0.3, -0.25) is 0 Å². The number of fused-ring (bicyclic) bond motifs is 1. The molecule has 1 aliphatic carbocycles. The minimum absolute atomic E-state index is 0.112. The van der Waals surface area contributed by atoms with Crippen molar-refractivity contribution >= 4 is 15.9 Å². The molecule has 98 valence electrons. The van der Waals surface area contributed by atoms with Crippen LogP contribution in [0, 0.1) is 0 Å². The molecule has 3 rings (SSSR count). The average molecular weight is 316 g/mol. The fourth-order valence-electron chi connectivity index (χ4n) is 3.24. The number of halogens is 1. The van der Waals surface area contributed by atoms with Crippen LogP contribution in [0.15, 0.2) is 53.0 Å². The van der Waals surface area contributed by atoms with E-state index in [0.717, 1.165) is 19.3 Å². The highest BCUT2D eigenvalue weighted by Gasteiger charge is 2.37. The van der Waals surface area contributed by atoms with Gasteiger partial charge in [0.1, 0.15) is 0 Å². The molecule has 0 spiro atoms. The fourth-order valence-corrected chi connectivity index (χ4v) is 3.66. The van der Waals surface area contributed by atoms with E-state index >= 15 is 0 Å². The van der Waals surface area contributed by atoms with Crippen LogP contribution >= 0.6 is 15.9 Å². The van der Waals surface area contributed by atoms with Gasteiger partial charge in [-0.1, -0.05) is 58.4 Å². The van der Waals surface area contributed by atoms with Gasteiger partial charge in [-0.25, -0.2) is 0 Å². The lowest BCUT2D eigenvalue weighted by atomic mass is 9.76. The zero-order valence-electron chi connectivity index (χ0n) is 10.9. The van der Waals surface area contributed by atoms with Gasteiger partial charge in [-0.05, 0) is 42.0 Å². The Morgan fingerprint density at radius 2 is 1.79 bits per heavy atom. The van der Waals surface area contributed by atoms with E-state index in [1.807, 2.05) is 0 Å². The quantitative estimate of drug-likeness (QED) is 0.915. The zero-order valence-corrected chi connectivity index (χ0v) is 12.5. The fraction of sp³-hybridized carbons (Fsp3) is 0.294. The maximum absolute atomic E-state index is 6.17. The van der Waals surface area contributed by atoms with Gasteiger partial charge in [0.15, 0.2) is 0 Å². The van der Waals surface area contributed by atoms with Crippen molar-refractivity contribution in [1.29, 1.82) is 0 Å². The first-order valence-corrected chi connectivity index (χ1v) is 7.56. The van der Waals surface area contributed by atoms with E-state index in [0.29, 0.717) is 6.54 Å². The molecule has 1 atom stereocenters. The molecule has 2 aromatic carbocycles. The van der Waals surface area contributed by atoms with Crippen LogP contribution in [-0.4, -0.2) is 6.54 Å². The summed E-state index contributed by atoms with van der Waals surface area (Å²) in [5, 5.41) is 0. The van der Waals surface area contributed by atoms with Crippen molar-refractivity contribution in [2.75, 3.05) is 6.54 Å². The van der Waals surface area contributed by atoms with Gasteiger partial charge < -0.3 is 5.73 Å². The van der Waals surface area contributed by atoms with Crippen LogP contribution in [-0.2, 0) is 18.3 Å². The van der Waals surface area contributed by atoms with Crippen molar-refractivity contribution in [3.63, 3.8) is 0 Å². The summed E-state index contributed by atoms with van der Waals surface area (Å²) in [5.41, 5.74) is 10.6. The van der Waals surface area contributed by atoms with Gasteiger partial charge in [-0.15, -0.1) is 0 Å². The molecule has 0 saturated carbocycles. The molecular weight excluding hydrogens is 298 g/mol. The summed E-state index contributed by atoms with van der Waals surface area (Å²) < 4.78 is 1.19. The maximum atomic E-state index is 6.17. The summed E-state index contributed by atoms with van der Waals surface area (Å²) in [7, 11) is 0. The lowest BCUT2D eigenvalue weighted by Gasteiger charge is -2.29. The Morgan fingerprint density at radius 1 is 1.05 bits per heavy atom. The summed E-state index contributed by atoms with van der Waals surface area (Å²) in [6.07, 6.45) is 3.32.